The van der Waals surface area contributed by atoms with Crippen LogP contribution in [0.15, 0.2) is 42.9 Å². The predicted molar refractivity (Wildman–Crippen MR) is 207 cm³/mol. The third-order valence-electron chi connectivity index (χ3n) is 10.1. The standard InChI is InChI=1S/C41H66N6O6/c1-2-3-4-5-6-7-8-9-10-11-12-13-17-25-38(48)47-27-20-24-37(47)40(50)45-36(39(49)44-35(41(51)52)23-18-19-26-42)28-34-29-43-31-46(34)32-53-30-33-21-15-14-16-22-33/h14-16,21-22,29,31,35-37H,2-13,17-20,23-28,30,32,42H2,1H3,(H,44,49)(H,45,50)(H,51,52). The van der Waals surface area contributed by atoms with Crippen molar-refractivity contribution < 1.29 is 29.0 Å². The van der Waals surface area contributed by atoms with Crippen LogP contribution in [0, 0.1) is 0 Å². The van der Waals surface area contributed by atoms with Gasteiger partial charge in [0.05, 0.1) is 12.9 Å². The minimum Gasteiger partial charge on any atom is -0.480 e. The number of nitrogens with two attached hydrogens (primary N) is 1. The minimum absolute atomic E-state index is 0.0359. The molecule has 5 N–H and O–H groups in total. The van der Waals surface area contributed by atoms with Gasteiger partial charge in [-0.1, -0.05) is 114 Å². The molecule has 0 spiro atoms. The molecule has 2 aromatic rings. The quantitative estimate of drug-likeness (QED) is 0.0710. The molecule has 0 bridgehead atoms. The number of rotatable bonds is 29. The number of carbonyl (C=O) groups excluding carboxylic acids is 3. The fourth-order valence-corrected chi connectivity index (χ4v) is 6.95. The number of benzene rings is 1. The zero-order valence-corrected chi connectivity index (χ0v) is 32.2. The van der Waals surface area contributed by atoms with Crippen LogP contribution >= 0.6 is 0 Å². The molecule has 0 radical (unpaired) electrons. The maximum absolute atomic E-state index is 13.8. The van der Waals surface area contributed by atoms with Gasteiger partial charge < -0.3 is 35.7 Å². The molecule has 12 heteroatoms. The molecule has 53 heavy (non-hydrogen) atoms. The lowest BCUT2D eigenvalue weighted by Gasteiger charge is -2.27. The Hall–Kier alpha value is -3.77. The minimum atomic E-state index is -1.15. The maximum atomic E-state index is 13.8. The van der Waals surface area contributed by atoms with Crippen LogP contribution in [0.3, 0.4) is 0 Å². The SMILES string of the molecule is CCCCCCCCCCCCCCCC(=O)N1CCCC1C(=O)NC(Cc1cncn1COCc1ccccc1)C(=O)NC(CCCCN)C(=O)O. The van der Waals surface area contributed by atoms with Crippen LogP contribution in [0.1, 0.15) is 140 Å². The Bertz CT molecular complexity index is 1340. The van der Waals surface area contributed by atoms with Crippen LogP contribution in [0.2, 0.25) is 0 Å². The van der Waals surface area contributed by atoms with Crippen molar-refractivity contribution in [3.63, 3.8) is 0 Å². The van der Waals surface area contributed by atoms with Crippen molar-refractivity contribution in [1.82, 2.24) is 25.1 Å². The van der Waals surface area contributed by atoms with Crippen molar-refractivity contribution in [3.8, 4) is 0 Å². The number of carbonyl (C=O) groups is 4. The molecule has 1 aromatic carbocycles. The van der Waals surface area contributed by atoms with Crippen LogP contribution in [-0.4, -0.2) is 74.5 Å². The molecule has 2 heterocycles. The molecule has 0 aliphatic carbocycles. The summed E-state index contributed by atoms with van der Waals surface area (Å²) in [5.41, 5.74) is 7.24. The van der Waals surface area contributed by atoms with Gasteiger partial charge in [0.15, 0.2) is 0 Å². The van der Waals surface area contributed by atoms with E-state index in [1.807, 2.05) is 30.3 Å². The number of carboxylic acids is 1. The Morgan fingerprint density at radius 1 is 0.887 bits per heavy atom. The van der Waals surface area contributed by atoms with Crippen molar-refractivity contribution in [3.05, 3.63) is 54.1 Å². The molecular weight excluding hydrogens is 672 g/mol. The lowest BCUT2D eigenvalue weighted by Crippen LogP contribution is -2.56. The van der Waals surface area contributed by atoms with Crippen LogP contribution in [0.5, 0.6) is 0 Å². The fraction of sp³-hybridized carbons (Fsp3) is 0.683. The average molecular weight is 739 g/mol. The average Bonchev–Trinajstić information content (AvgIpc) is 3.83. The molecule has 1 saturated heterocycles. The first-order valence-corrected chi connectivity index (χ1v) is 20.3. The number of likely N-dealkylation sites (tertiary alicyclic amines) is 1. The number of unbranched alkanes of at least 4 members (excludes halogenated alkanes) is 13. The van der Waals surface area contributed by atoms with Gasteiger partial charge in [-0.25, -0.2) is 9.78 Å². The van der Waals surface area contributed by atoms with Gasteiger partial charge in [0.2, 0.25) is 17.7 Å². The van der Waals surface area contributed by atoms with Crippen molar-refractivity contribution in [2.24, 2.45) is 5.73 Å². The summed E-state index contributed by atoms with van der Waals surface area (Å²) in [5.74, 6) is -2.21. The van der Waals surface area contributed by atoms with Crippen molar-refractivity contribution in [2.45, 2.75) is 167 Å². The van der Waals surface area contributed by atoms with Crippen molar-refractivity contribution in [2.75, 3.05) is 13.1 Å². The van der Waals surface area contributed by atoms with E-state index in [-0.39, 0.29) is 25.5 Å². The van der Waals surface area contributed by atoms with Gasteiger partial charge in [0, 0.05) is 31.3 Å². The second-order valence-corrected chi connectivity index (χ2v) is 14.5. The van der Waals surface area contributed by atoms with E-state index < -0.39 is 35.9 Å². The van der Waals surface area contributed by atoms with E-state index in [4.69, 9.17) is 10.5 Å². The molecule has 3 atom stereocenters. The second kappa shape index (κ2) is 26.1. The molecule has 3 rings (SSSR count). The molecule has 0 saturated carbocycles. The second-order valence-electron chi connectivity index (χ2n) is 14.5. The largest absolute Gasteiger partial charge is 0.480 e. The highest BCUT2D eigenvalue weighted by atomic mass is 16.5. The Balaban J connectivity index is 1.54. The van der Waals surface area contributed by atoms with Crippen LogP contribution in [0.4, 0.5) is 0 Å². The number of hydrogen-bond acceptors (Lipinski definition) is 7. The Kier molecular flexibility index (Phi) is 21.5. The number of ether oxygens (including phenoxy) is 1. The molecule has 1 aromatic heterocycles. The van der Waals surface area contributed by atoms with E-state index in [1.165, 1.54) is 64.2 Å². The number of nitrogens with one attached hydrogen (secondary N) is 2. The lowest BCUT2D eigenvalue weighted by molar-refractivity contribution is -0.143. The summed E-state index contributed by atoms with van der Waals surface area (Å²) < 4.78 is 7.65. The molecule has 3 unspecified atom stereocenters. The van der Waals surface area contributed by atoms with Crippen molar-refractivity contribution >= 4 is 23.7 Å². The van der Waals surface area contributed by atoms with Gasteiger partial charge in [-0.05, 0) is 50.6 Å². The fourth-order valence-electron chi connectivity index (χ4n) is 6.95. The molecule has 12 nitrogen and oxygen atoms in total. The zero-order valence-electron chi connectivity index (χ0n) is 32.2. The Morgan fingerprint density at radius 2 is 1.55 bits per heavy atom. The summed E-state index contributed by atoms with van der Waals surface area (Å²) in [6.07, 6.45) is 22.2. The highest BCUT2D eigenvalue weighted by Crippen LogP contribution is 2.21. The maximum Gasteiger partial charge on any atom is 0.326 e. The third-order valence-corrected chi connectivity index (χ3v) is 10.1. The smallest absolute Gasteiger partial charge is 0.326 e. The van der Waals surface area contributed by atoms with Crippen LogP contribution in [-0.2, 0) is 43.7 Å². The Labute approximate surface area is 317 Å². The summed E-state index contributed by atoms with van der Waals surface area (Å²) in [6.45, 7) is 3.73. The van der Waals surface area contributed by atoms with Gasteiger partial charge in [-0.3, -0.25) is 14.4 Å². The number of imidazole rings is 1. The first kappa shape index (κ1) is 43.6. The number of nitrogens with zero attached hydrogens (tertiary/aromatic N) is 3. The van der Waals surface area contributed by atoms with Crippen molar-refractivity contribution in [1.29, 1.82) is 0 Å². The van der Waals surface area contributed by atoms with E-state index >= 15 is 0 Å². The number of amides is 3. The van der Waals surface area contributed by atoms with Gasteiger partial charge in [0.25, 0.3) is 0 Å². The van der Waals surface area contributed by atoms with Gasteiger partial charge in [-0.15, -0.1) is 0 Å². The van der Waals surface area contributed by atoms with Gasteiger partial charge >= 0.3 is 5.97 Å². The summed E-state index contributed by atoms with van der Waals surface area (Å²) in [6, 6.07) is 6.84. The van der Waals surface area contributed by atoms with E-state index in [0.29, 0.717) is 57.5 Å². The van der Waals surface area contributed by atoms with Crippen LogP contribution in [0.25, 0.3) is 0 Å². The van der Waals surface area contributed by atoms with E-state index in [9.17, 15) is 24.3 Å². The normalized spacial score (nSPS) is 15.3. The Morgan fingerprint density at radius 3 is 2.19 bits per heavy atom. The first-order valence-electron chi connectivity index (χ1n) is 20.3. The number of aliphatic carboxylic acids is 1. The molecule has 1 fully saturated rings. The summed E-state index contributed by atoms with van der Waals surface area (Å²) >= 11 is 0. The number of aromatic nitrogens is 2. The van der Waals surface area contributed by atoms with E-state index in [1.54, 1.807) is 22.0 Å². The van der Waals surface area contributed by atoms with Gasteiger partial charge in [-0.2, -0.15) is 0 Å². The summed E-state index contributed by atoms with van der Waals surface area (Å²) in [4.78, 5) is 58.7. The highest BCUT2D eigenvalue weighted by Gasteiger charge is 2.36. The molecule has 1 aliphatic rings. The van der Waals surface area contributed by atoms with E-state index in [2.05, 4.69) is 22.5 Å². The van der Waals surface area contributed by atoms with Gasteiger partial charge in [0.1, 0.15) is 24.9 Å². The molecular formula is C41H66N6O6. The molecule has 296 valence electrons. The number of hydrogen-bond donors (Lipinski definition) is 4. The predicted octanol–water partition coefficient (Wildman–Crippen LogP) is 6.26. The topological polar surface area (TPSA) is 169 Å². The number of carboxylic acid groups (broad SMARTS) is 1. The molecule has 3 amide bonds. The van der Waals surface area contributed by atoms with Crippen LogP contribution < -0.4 is 16.4 Å². The monoisotopic (exact) mass is 739 g/mol. The summed E-state index contributed by atoms with van der Waals surface area (Å²) in [7, 11) is 0. The lowest BCUT2D eigenvalue weighted by atomic mass is 10.0. The highest BCUT2D eigenvalue weighted by molar-refractivity contribution is 5.93. The first-order chi connectivity index (χ1) is 25.8. The zero-order chi connectivity index (χ0) is 38.1. The molecule has 1 aliphatic heterocycles. The van der Waals surface area contributed by atoms with E-state index in [0.717, 1.165) is 24.8 Å². The third kappa shape index (κ3) is 16.8. The summed E-state index contributed by atoms with van der Waals surface area (Å²) in [5, 5.41) is 15.3.